The Morgan fingerprint density at radius 2 is 1.83 bits per heavy atom. The summed E-state index contributed by atoms with van der Waals surface area (Å²) < 4.78 is 7.64. The molecule has 1 N–H and O–H groups in total. The number of amides is 1. The lowest BCUT2D eigenvalue weighted by molar-refractivity contribution is 0.102. The lowest BCUT2D eigenvalue weighted by Crippen LogP contribution is -2.13. The van der Waals surface area contributed by atoms with E-state index in [1.807, 2.05) is 87.0 Å². The van der Waals surface area contributed by atoms with Gasteiger partial charge < -0.3 is 9.73 Å². The first-order valence-corrected chi connectivity index (χ1v) is 9.85. The Morgan fingerprint density at radius 3 is 2.53 bits per heavy atom. The molecule has 6 heteroatoms. The van der Waals surface area contributed by atoms with Crippen molar-refractivity contribution < 1.29 is 9.21 Å². The Balaban J connectivity index is 1.51. The summed E-state index contributed by atoms with van der Waals surface area (Å²) in [6, 6.07) is 17.1. The van der Waals surface area contributed by atoms with Crippen molar-refractivity contribution in [3.63, 3.8) is 0 Å². The third kappa shape index (κ3) is 4.17. The molecule has 0 aliphatic carbocycles. The predicted octanol–water partition coefficient (Wildman–Crippen LogP) is 5.07. The SMILES string of the molecule is Cc1cc(C)n(Cc2cccc(C(=O)Nc3cccc(-c4nc(C)c(C)o4)c3)c2)n1. The van der Waals surface area contributed by atoms with Gasteiger partial charge in [0.15, 0.2) is 0 Å². The van der Waals surface area contributed by atoms with Gasteiger partial charge in [0.2, 0.25) is 5.89 Å². The van der Waals surface area contributed by atoms with Crippen molar-refractivity contribution in [3.8, 4) is 11.5 Å². The Hall–Kier alpha value is -3.67. The van der Waals surface area contributed by atoms with Crippen LogP contribution in [0.4, 0.5) is 5.69 Å². The molecule has 6 nitrogen and oxygen atoms in total. The average molecular weight is 400 g/mol. The van der Waals surface area contributed by atoms with Crippen LogP contribution in [-0.2, 0) is 6.54 Å². The standard InChI is InChI=1S/C24H24N4O2/c1-15-11-16(2)28(27-15)14-19-7-5-8-20(12-19)23(29)26-22-10-6-9-21(13-22)24-25-17(3)18(4)30-24/h5-13H,14H2,1-4H3,(H,26,29). The summed E-state index contributed by atoms with van der Waals surface area (Å²) in [7, 11) is 0. The van der Waals surface area contributed by atoms with Gasteiger partial charge in [-0.15, -0.1) is 0 Å². The second-order valence-electron chi connectivity index (χ2n) is 7.48. The van der Waals surface area contributed by atoms with Gasteiger partial charge in [0.1, 0.15) is 5.76 Å². The Kier molecular flexibility index (Phi) is 5.23. The van der Waals surface area contributed by atoms with Gasteiger partial charge in [0, 0.05) is 22.5 Å². The highest BCUT2D eigenvalue weighted by Gasteiger charge is 2.11. The fourth-order valence-electron chi connectivity index (χ4n) is 3.35. The smallest absolute Gasteiger partial charge is 0.255 e. The van der Waals surface area contributed by atoms with E-state index in [9.17, 15) is 4.79 Å². The predicted molar refractivity (Wildman–Crippen MR) is 117 cm³/mol. The number of benzene rings is 2. The van der Waals surface area contributed by atoms with Crippen molar-refractivity contribution in [1.29, 1.82) is 0 Å². The molecule has 0 atom stereocenters. The van der Waals surface area contributed by atoms with Gasteiger partial charge in [-0.2, -0.15) is 5.10 Å². The maximum atomic E-state index is 12.8. The van der Waals surface area contributed by atoms with Gasteiger partial charge >= 0.3 is 0 Å². The van der Waals surface area contributed by atoms with Gasteiger partial charge in [0.25, 0.3) is 5.91 Å². The van der Waals surface area contributed by atoms with Crippen LogP contribution in [0.15, 0.2) is 59.0 Å². The summed E-state index contributed by atoms with van der Waals surface area (Å²) >= 11 is 0. The zero-order valence-electron chi connectivity index (χ0n) is 17.6. The van der Waals surface area contributed by atoms with E-state index in [1.165, 1.54) is 0 Å². The molecule has 1 amide bonds. The summed E-state index contributed by atoms with van der Waals surface area (Å²) in [5, 5.41) is 7.46. The van der Waals surface area contributed by atoms with Crippen LogP contribution in [-0.4, -0.2) is 20.7 Å². The molecule has 0 bridgehead atoms. The molecule has 0 fully saturated rings. The molecule has 0 saturated carbocycles. The maximum absolute atomic E-state index is 12.8. The van der Waals surface area contributed by atoms with Crippen molar-refractivity contribution in [2.75, 3.05) is 5.32 Å². The molecule has 0 saturated heterocycles. The number of carbonyl (C=O) groups excluding carboxylic acids is 1. The third-order valence-corrected chi connectivity index (χ3v) is 5.02. The number of aryl methyl sites for hydroxylation is 4. The first-order valence-electron chi connectivity index (χ1n) is 9.85. The number of nitrogens with one attached hydrogen (secondary N) is 1. The molecule has 4 aromatic rings. The minimum absolute atomic E-state index is 0.165. The van der Waals surface area contributed by atoms with E-state index in [1.54, 1.807) is 0 Å². The van der Waals surface area contributed by atoms with Gasteiger partial charge in [-0.3, -0.25) is 9.48 Å². The Bertz CT molecular complexity index is 1200. The number of aromatic nitrogens is 3. The summed E-state index contributed by atoms with van der Waals surface area (Å²) in [5.74, 6) is 1.17. The van der Waals surface area contributed by atoms with Crippen LogP contribution in [0.25, 0.3) is 11.5 Å². The van der Waals surface area contributed by atoms with E-state index >= 15 is 0 Å². The van der Waals surface area contributed by atoms with Gasteiger partial charge in [0.05, 0.1) is 17.9 Å². The van der Waals surface area contributed by atoms with Crippen LogP contribution < -0.4 is 5.32 Å². The molecule has 152 valence electrons. The fraction of sp³-hybridized carbons (Fsp3) is 0.208. The average Bonchev–Trinajstić information content (AvgIpc) is 3.22. The number of oxazole rings is 1. The molecule has 2 heterocycles. The van der Waals surface area contributed by atoms with E-state index in [0.29, 0.717) is 23.7 Å². The highest BCUT2D eigenvalue weighted by atomic mass is 16.4. The first kappa shape index (κ1) is 19.6. The Morgan fingerprint density at radius 1 is 1.03 bits per heavy atom. The largest absolute Gasteiger partial charge is 0.441 e. The molecule has 4 rings (SSSR count). The normalized spacial score (nSPS) is 10.9. The first-order chi connectivity index (χ1) is 14.4. The highest BCUT2D eigenvalue weighted by Crippen LogP contribution is 2.24. The van der Waals surface area contributed by atoms with Crippen LogP contribution in [0.1, 0.15) is 38.8 Å². The fourth-order valence-corrected chi connectivity index (χ4v) is 3.35. The molecule has 0 aliphatic heterocycles. The summed E-state index contributed by atoms with van der Waals surface area (Å²) in [6.07, 6.45) is 0. The lowest BCUT2D eigenvalue weighted by Gasteiger charge is -2.09. The minimum Gasteiger partial charge on any atom is -0.441 e. The third-order valence-electron chi connectivity index (χ3n) is 5.02. The number of hydrogen-bond acceptors (Lipinski definition) is 4. The monoisotopic (exact) mass is 400 g/mol. The molecule has 2 aromatic carbocycles. The second-order valence-corrected chi connectivity index (χ2v) is 7.48. The van der Waals surface area contributed by atoms with Crippen molar-refractivity contribution >= 4 is 11.6 Å². The van der Waals surface area contributed by atoms with Crippen molar-refractivity contribution in [2.45, 2.75) is 34.2 Å². The number of nitrogens with zero attached hydrogens (tertiary/aromatic N) is 3. The molecule has 0 radical (unpaired) electrons. The van der Waals surface area contributed by atoms with Crippen molar-refractivity contribution in [3.05, 3.63) is 88.6 Å². The van der Waals surface area contributed by atoms with E-state index in [0.717, 1.165) is 34.0 Å². The van der Waals surface area contributed by atoms with Gasteiger partial charge in [-0.05, 0) is 69.7 Å². The van der Waals surface area contributed by atoms with Gasteiger partial charge in [-0.1, -0.05) is 18.2 Å². The molecule has 0 unspecified atom stereocenters. The minimum atomic E-state index is -0.165. The van der Waals surface area contributed by atoms with Crippen LogP contribution in [0.3, 0.4) is 0 Å². The summed E-state index contributed by atoms with van der Waals surface area (Å²) in [5.41, 5.74) is 6.07. The summed E-state index contributed by atoms with van der Waals surface area (Å²) in [4.78, 5) is 17.3. The van der Waals surface area contributed by atoms with Gasteiger partial charge in [-0.25, -0.2) is 4.98 Å². The number of hydrogen-bond donors (Lipinski definition) is 1. The summed E-state index contributed by atoms with van der Waals surface area (Å²) in [6.45, 7) is 8.42. The number of anilines is 1. The van der Waals surface area contributed by atoms with E-state index in [-0.39, 0.29) is 5.91 Å². The number of carbonyl (C=O) groups is 1. The van der Waals surface area contributed by atoms with Crippen LogP contribution >= 0.6 is 0 Å². The topological polar surface area (TPSA) is 73.0 Å². The second kappa shape index (κ2) is 7.99. The number of rotatable bonds is 5. The quantitative estimate of drug-likeness (QED) is 0.507. The van der Waals surface area contributed by atoms with Crippen LogP contribution in [0.5, 0.6) is 0 Å². The maximum Gasteiger partial charge on any atom is 0.255 e. The van der Waals surface area contributed by atoms with Crippen molar-refractivity contribution in [1.82, 2.24) is 14.8 Å². The molecule has 0 aliphatic rings. The van der Waals surface area contributed by atoms with E-state index in [2.05, 4.69) is 15.4 Å². The molecule has 30 heavy (non-hydrogen) atoms. The van der Waals surface area contributed by atoms with Crippen molar-refractivity contribution in [2.24, 2.45) is 0 Å². The van der Waals surface area contributed by atoms with Crippen LogP contribution in [0, 0.1) is 27.7 Å². The van der Waals surface area contributed by atoms with Crippen LogP contribution in [0.2, 0.25) is 0 Å². The van der Waals surface area contributed by atoms with E-state index in [4.69, 9.17) is 4.42 Å². The molecular weight excluding hydrogens is 376 g/mol. The Labute approximate surface area is 175 Å². The van der Waals surface area contributed by atoms with E-state index < -0.39 is 0 Å². The zero-order valence-corrected chi connectivity index (χ0v) is 17.6. The highest BCUT2D eigenvalue weighted by molar-refractivity contribution is 6.04. The molecule has 2 aromatic heterocycles. The molecule has 0 spiro atoms. The zero-order chi connectivity index (χ0) is 21.3. The lowest BCUT2D eigenvalue weighted by atomic mass is 10.1. The molecular formula is C24H24N4O2.